The van der Waals surface area contributed by atoms with Crippen molar-refractivity contribution in [2.45, 2.75) is 37.8 Å². The molecule has 2 fully saturated rings. The van der Waals surface area contributed by atoms with Crippen molar-refractivity contribution in [3.05, 3.63) is 36.3 Å². The lowest BCUT2D eigenvalue weighted by molar-refractivity contribution is 0.0654. The lowest BCUT2D eigenvalue weighted by atomic mass is 10.0. The molecular formula is C18H22N4O2. The lowest BCUT2D eigenvalue weighted by Gasteiger charge is -2.32. The first kappa shape index (κ1) is 15.3. The molecule has 2 atom stereocenters. The van der Waals surface area contributed by atoms with E-state index in [0.29, 0.717) is 23.5 Å². The Kier molecular flexibility index (Phi) is 4.06. The second kappa shape index (κ2) is 6.36. The van der Waals surface area contributed by atoms with E-state index in [1.54, 1.807) is 18.5 Å². The summed E-state index contributed by atoms with van der Waals surface area (Å²) < 4.78 is 5.37. The van der Waals surface area contributed by atoms with Crippen molar-refractivity contribution in [1.82, 2.24) is 19.9 Å². The zero-order valence-electron chi connectivity index (χ0n) is 13.9. The molecule has 2 aliphatic heterocycles. The number of nitrogens with zero attached hydrogens (tertiary/aromatic N) is 4. The molecule has 126 valence electrons. The van der Waals surface area contributed by atoms with Crippen LogP contribution in [0.25, 0.3) is 11.3 Å². The summed E-state index contributed by atoms with van der Waals surface area (Å²) in [7, 11) is 2.16. The van der Waals surface area contributed by atoms with Crippen LogP contribution in [0.1, 0.15) is 36.2 Å². The molecule has 0 aromatic carbocycles. The fourth-order valence-corrected chi connectivity index (χ4v) is 4.03. The number of hydrogen-bond donors (Lipinski definition) is 0. The molecule has 2 aliphatic rings. The maximum atomic E-state index is 12.9. The normalized spacial score (nSPS) is 24.6. The van der Waals surface area contributed by atoms with Crippen LogP contribution in [0.4, 0.5) is 0 Å². The fraction of sp³-hybridized carbons (Fsp3) is 0.500. The van der Waals surface area contributed by atoms with Crippen molar-refractivity contribution in [2.24, 2.45) is 0 Å². The second-order valence-electron chi connectivity index (χ2n) is 6.72. The van der Waals surface area contributed by atoms with Crippen molar-refractivity contribution in [2.75, 3.05) is 20.1 Å². The quantitative estimate of drug-likeness (QED) is 0.867. The molecule has 0 aliphatic carbocycles. The largest absolute Gasteiger partial charge is 0.355 e. The van der Waals surface area contributed by atoms with E-state index in [0.717, 1.165) is 31.5 Å². The Morgan fingerprint density at radius 2 is 2.08 bits per heavy atom. The molecule has 4 rings (SSSR count). The first-order chi connectivity index (χ1) is 11.7. The van der Waals surface area contributed by atoms with E-state index in [4.69, 9.17) is 4.52 Å². The van der Waals surface area contributed by atoms with Gasteiger partial charge in [-0.15, -0.1) is 0 Å². The molecule has 0 radical (unpaired) electrons. The first-order valence-corrected chi connectivity index (χ1v) is 8.62. The van der Waals surface area contributed by atoms with Gasteiger partial charge < -0.3 is 14.3 Å². The highest BCUT2D eigenvalue weighted by Gasteiger charge is 2.39. The maximum absolute atomic E-state index is 12.9. The summed E-state index contributed by atoms with van der Waals surface area (Å²) in [6, 6.07) is 6.23. The van der Waals surface area contributed by atoms with Gasteiger partial charge in [0.2, 0.25) is 0 Å². The zero-order valence-corrected chi connectivity index (χ0v) is 13.9. The van der Waals surface area contributed by atoms with Gasteiger partial charge in [0.15, 0.2) is 11.5 Å². The van der Waals surface area contributed by atoms with Crippen LogP contribution in [-0.4, -0.2) is 58.1 Å². The second-order valence-corrected chi connectivity index (χ2v) is 6.72. The molecule has 0 bridgehead atoms. The smallest absolute Gasteiger partial charge is 0.276 e. The number of carbonyl (C=O) groups excluding carboxylic acids is 1. The highest BCUT2D eigenvalue weighted by molar-refractivity contribution is 5.93. The van der Waals surface area contributed by atoms with Crippen LogP contribution in [-0.2, 0) is 0 Å². The molecule has 24 heavy (non-hydrogen) atoms. The van der Waals surface area contributed by atoms with Crippen LogP contribution in [0.5, 0.6) is 0 Å². The molecule has 1 amide bonds. The van der Waals surface area contributed by atoms with Gasteiger partial charge in [0.25, 0.3) is 5.91 Å². The van der Waals surface area contributed by atoms with Crippen molar-refractivity contribution < 1.29 is 9.32 Å². The maximum Gasteiger partial charge on any atom is 0.276 e. The summed E-state index contributed by atoms with van der Waals surface area (Å²) in [6.45, 7) is 1.93. The number of likely N-dealkylation sites (tertiary alicyclic amines) is 2. The molecule has 0 spiro atoms. The van der Waals surface area contributed by atoms with Gasteiger partial charge >= 0.3 is 0 Å². The summed E-state index contributed by atoms with van der Waals surface area (Å²) in [6.07, 6.45) is 7.95. The van der Waals surface area contributed by atoms with Crippen LogP contribution < -0.4 is 0 Å². The van der Waals surface area contributed by atoms with Gasteiger partial charge in [-0.25, -0.2) is 0 Å². The SMILES string of the molecule is CN1CCCC1C1CCCN1C(=O)c1cc(-c2cccnc2)on1. The number of pyridine rings is 1. The molecule has 2 saturated heterocycles. The Hall–Kier alpha value is -2.21. The number of carbonyl (C=O) groups is 1. The Labute approximate surface area is 141 Å². The minimum absolute atomic E-state index is 0.0170. The van der Waals surface area contributed by atoms with Crippen LogP contribution in [0.15, 0.2) is 35.1 Å². The summed E-state index contributed by atoms with van der Waals surface area (Å²) in [5.41, 5.74) is 1.22. The van der Waals surface area contributed by atoms with Gasteiger partial charge in [0.1, 0.15) is 0 Å². The molecule has 6 heteroatoms. The van der Waals surface area contributed by atoms with E-state index in [2.05, 4.69) is 22.1 Å². The molecule has 4 heterocycles. The molecule has 2 aromatic rings. The van der Waals surface area contributed by atoms with E-state index in [1.165, 1.54) is 12.8 Å². The first-order valence-electron chi connectivity index (χ1n) is 8.62. The minimum atomic E-state index is -0.0170. The summed E-state index contributed by atoms with van der Waals surface area (Å²) in [4.78, 5) is 21.4. The average molecular weight is 326 g/mol. The monoisotopic (exact) mass is 326 g/mol. The molecular weight excluding hydrogens is 304 g/mol. The molecule has 0 N–H and O–H groups in total. The summed E-state index contributed by atoms with van der Waals surface area (Å²) in [5, 5.41) is 4.01. The fourth-order valence-electron chi connectivity index (χ4n) is 4.03. The van der Waals surface area contributed by atoms with Gasteiger partial charge in [-0.05, 0) is 51.4 Å². The molecule has 2 aromatic heterocycles. The van der Waals surface area contributed by atoms with E-state index in [1.807, 2.05) is 17.0 Å². The van der Waals surface area contributed by atoms with Gasteiger partial charge in [0.05, 0.1) is 0 Å². The van der Waals surface area contributed by atoms with Crippen LogP contribution in [0.2, 0.25) is 0 Å². The third-order valence-corrected chi connectivity index (χ3v) is 5.26. The summed E-state index contributed by atoms with van der Waals surface area (Å²) >= 11 is 0. The van der Waals surface area contributed by atoms with Crippen molar-refractivity contribution in [1.29, 1.82) is 0 Å². The lowest BCUT2D eigenvalue weighted by Crippen LogP contribution is -2.47. The standard InChI is InChI=1S/C18H22N4O2/c1-21-9-3-6-15(21)16-7-4-10-22(16)18(23)14-11-17(24-20-14)13-5-2-8-19-12-13/h2,5,8,11-12,15-16H,3-4,6-7,9-10H2,1H3. The number of aromatic nitrogens is 2. The predicted molar refractivity (Wildman–Crippen MR) is 89.4 cm³/mol. The third-order valence-electron chi connectivity index (χ3n) is 5.26. The Morgan fingerprint density at radius 1 is 1.25 bits per heavy atom. The number of amides is 1. The predicted octanol–water partition coefficient (Wildman–Crippen LogP) is 2.44. The van der Waals surface area contributed by atoms with E-state index in [9.17, 15) is 4.79 Å². The highest BCUT2D eigenvalue weighted by Crippen LogP contribution is 2.30. The van der Waals surface area contributed by atoms with Crippen molar-refractivity contribution >= 4 is 5.91 Å². The van der Waals surface area contributed by atoms with Gasteiger partial charge in [-0.3, -0.25) is 9.78 Å². The Morgan fingerprint density at radius 3 is 2.83 bits per heavy atom. The van der Waals surface area contributed by atoms with Crippen molar-refractivity contribution in [3.8, 4) is 11.3 Å². The molecule has 2 unspecified atom stereocenters. The van der Waals surface area contributed by atoms with Gasteiger partial charge in [-0.2, -0.15) is 0 Å². The molecule has 6 nitrogen and oxygen atoms in total. The third kappa shape index (κ3) is 2.71. The number of likely N-dealkylation sites (N-methyl/N-ethyl adjacent to an activating group) is 1. The van der Waals surface area contributed by atoms with Crippen molar-refractivity contribution in [3.63, 3.8) is 0 Å². The average Bonchev–Trinajstić information content (AvgIpc) is 3.35. The number of hydrogen-bond acceptors (Lipinski definition) is 5. The van der Waals surface area contributed by atoms with Gasteiger partial charge in [-0.1, -0.05) is 5.16 Å². The van der Waals surface area contributed by atoms with Crippen LogP contribution >= 0.6 is 0 Å². The number of rotatable bonds is 3. The minimum Gasteiger partial charge on any atom is -0.355 e. The zero-order chi connectivity index (χ0) is 16.5. The van der Waals surface area contributed by atoms with E-state index < -0.39 is 0 Å². The van der Waals surface area contributed by atoms with E-state index in [-0.39, 0.29) is 5.91 Å². The van der Waals surface area contributed by atoms with E-state index >= 15 is 0 Å². The van der Waals surface area contributed by atoms with Gasteiger partial charge in [0, 0.05) is 42.7 Å². The molecule has 0 saturated carbocycles. The summed E-state index contributed by atoms with van der Waals surface area (Å²) in [5.74, 6) is 0.567. The Bertz CT molecular complexity index is 715. The highest BCUT2D eigenvalue weighted by atomic mass is 16.5. The topological polar surface area (TPSA) is 62.5 Å². The Balaban J connectivity index is 1.54. The van der Waals surface area contributed by atoms with Crippen LogP contribution in [0, 0.1) is 0 Å². The van der Waals surface area contributed by atoms with Crippen LogP contribution in [0.3, 0.4) is 0 Å².